The van der Waals surface area contributed by atoms with Gasteiger partial charge in [-0.15, -0.1) is 0 Å². The van der Waals surface area contributed by atoms with E-state index in [1.54, 1.807) is 6.07 Å². The zero-order valence-corrected chi connectivity index (χ0v) is 13.1. The van der Waals surface area contributed by atoms with Crippen molar-refractivity contribution >= 4 is 38.9 Å². The van der Waals surface area contributed by atoms with Crippen molar-refractivity contribution in [2.75, 3.05) is 31.6 Å². The van der Waals surface area contributed by atoms with Gasteiger partial charge in [0, 0.05) is 36.2 Å². The molecular formula is C12H15BrClN3O2. The van der Waals surface area contributed by atoms with Crippen molar-refractivity contribution < 1.29 is 4.92 Å². The molecule has 19 heavy (non-hydrogen) atoms. The number of nitro benzene ring substituents is 1. The molecule has 1 heterocycles. The molecule has 0 aromatic heterocycles. The van der Waals surface area contributed by atoms with E-state index in [4.69, 9.17) is 11.6 Å². The molecule has 104 valence electrons. The van der Waals surface area contributed by atoms with Crippen molar-refractivity contribution in [1.29, 1.82) is 0 Å². The molecule has 0 amide bonds. The Hall–Kier alpha value is -0.850. The minimum Gasteiger partial charge on any atom is -0.363 e. The fourth-order valence-electron chi connectivity index (χ4n) is 2.19. The summed E-state index contributed by atoms with van der Waals surface area (Å²) in [6.07, 6.45) is 0. The number of hydrogen-bond donors (Lipinski definition) is 0. The quantitative estimate of drug-likeness (QED) is 0.608. The number of benzene rings is 1. The Kier molecular flexibility index (Phi) is 4.32. The summed E-state index contributed by atoms with van der Waals surface area (Å²) in [5, 5.41) is 11.7. The van der Waals surface area contributed by atoms with Crippen LogP contribution in [0.3, 0.4) is 0 Å². The third-order valence-corrected chi connectivity index (χ3v) is 4.71. The van der Waals surface area contributed by atoms with Gasteiger partial charge in [-0.05, 0) is 36.0 Å². The maximum absolute atomic E-state index is 11.2. The molecule has 0 aliphatic carbocycles. The molecule has 1 aliphatic rings. The monoisotopic (exact) mass is 347 g/mol. The second-order valence-electron chi connectivity index (χ2n) is 4.79. The first-order chi connectivity index (χ1) is 8.90. The maximum atomic E-state index is 11.2. The molecule has 0 unspecified atom stereocenters. The van der Waals surface area contributed by atoms with Crippen molar-refractivity contribution in [2.45, 2.75) is 13.0 Å². The molecule has 2 rings (SSSR count). The van der Waals surface area contributed by atoms with E-state index in [1.165, 1.54) is 6.07 Å². The maximum Gasteiger partial charge on any atom is 0.293 e. The summed E-state index contributed by atoms with van der Waals surface area (Å²) in [6, 6.07) is 3.50. The molecule has 7 heteroatoms. The van der Waals surface area contributed by atoms with Crippen molar-refractivity contribution in [3.05, 3.63) is 31.7 Å². The molecule has 1 fully saturated rings. The van der Waals surface area contributed by atoms with Crippen molar-refractivity contribution in [3.63, 3.8) is 0 Å². The second-order valence-corrected chi connectivity index (χ2v) is 6.05. The predicted octanol–water partition coefficient (Wildman–Crippen LogP) is 3.15. The first-order valence-corrected chi connectivity index (χ1v) is 7.16. The van der Waals surface area contributed by atoms with Crippen LogP contribution in [0.1, 0.15) is 6.92 Å². The summed E-state index contributed by atoms with van der Waals surface area (Å²) in [5.41, 5.74) is 0.686. The van der Waals surface area contributed by atoms with Gasteiger partial charge in [0.05, 0.1) is 9.95 Å². The number of anilines is 1. The van der Waals surface area contributed by atoms with Crippen LogP contribution < -0.4 is 4.90 Å². The highest BCUT2D eigenvalue weighted by atomic mass is 79.9. The smallest absolute Gasteiger partial charge is 0.293 e. The summed E-state index contributed by atoms with van der Waals surface area (Å²) in [7, 11) is 2.06. The van der Waals surface area contributed by atoms with Crippen molar-refractivity contribution in [3.8, 4) is 0 Å². The van der Waals surface area contributed by atoms with Crippen LogP contribution in [-0.4, -0.2) is 42.5 Å². The third-order valence-electron chi connectivity index (χ3n) is 3.51. The lowest BCUT2D eigenvalue weighted by Gasteiger charge is -2.38. The Labute approximate surface area is 125 Å². The Morgan fingerprint density at radius 2 is 2.16 bits per heavy atom. The van der Waals surface area contributed by atoms with Gasteiger partial charge in [0.15, 0.2) is 0 Å². The Balaban J connectivity index is 2.38. The average Bonchev–Trinajstić information content (AvgIpc) is 2.35. The van der Waals surface area contributed by atoms with Crippen molar-refractivity contribution in [2.24, 2.45) is 0 Å². The zero-order chi connectivity index (χ0) is 14.2. The summed E-state index contributed by atoms with van der Waals surface area (Å²) >= 11 is 9.30. The number of nitrogens with zero attached hydrogens (tertiary/aromatic N) is 3. The largest absolute Gasteiger partial charge is 0.363 e. The van der Waals surface area contributed by atoms with E-state index < -0.39 is 0 Å². The van der Waals surface area contributed by atoms with E-state index in [2.05, 4.69) is 34.8 Å². The molecule has 5 nitrogen and oxygen atoms in total. The van der Waals surface area contributed by atoms with Crippen LogP contribution in [0.4, 0.5) is 11.4 Å². The van der Waals surface area contributed by atoms with Crippen LogP contribution >= 0.6 is 27.5 Å². The number of nitro groups is 1. The number of piperazine rings is 1. The van der Waals surface area contributed by atoms with Gasteiger partial charge in [-0.1, -0.05) is 11.6 Å². The highest BCUT2D eigenvalue weighted by molar-refractivity contribution is 9.10. The molecule has 1 aliphatic heterocycles. The normalized spacial score (nSPS) is 20.6. The van der Waals surface area contributed by atoms with E-state index in [-0.39, 0.29) is 10.6 Å². The molecular weight excluding hydrogens is 334 g/mol. The Morgan fingerprint density at radius 3 is 2.74 bits per heavy atom. The number of likely N-dealkylation sites (N-methyl/N-ethyl adjacent to an activating group) is 1. The van der Waals surface area contributed by atoms with Crippen molar-refractivity contribution in [1.82, 2.24) is 4.90 Å². The lowest BCUT2D eigenvalue weighted by Crippen LogP contribution is -2.50. The van der Waals surface area contributed by atoms with Gasteiger partial charge in [0.1, 0.15) is 5.69 Å². The molecule has 0 bridgehead atoms. The lowest BCUT2D eigenvalue weighted by atomic mass is 10.1. The van der Waals surface area contributed by atoms with Crippen LogP contribution in [-0.2, 0) is 0 Å². The topological polar surface area (TPSA) is 49.6 Å². The zero-order valence-electron chi connectivity index (χ0n) is 10.8. The standard InChI is InChI=1S/C12H15BrClN3O2/c1-8-7-16(4-3-15(8)2)11-6-10(14)9(13)5-12(11)17(18)19/h5-6,8H,3-4,7H2,1-2H3/t8-/m0/s1. The molecule has 0 radical (unpaired) electrons. The predicted molar refractivity (Wildman–Crippen MR) is 80.1 cm³/mol. The van der Waals surface area contributed by atoms with Gasteiger partial charge < -0.3 is 9.80 Å². The second kappa shape index (κ2) is 5.64. The van der Waals surface area contributed by atoms with E-state index >= 15 is 0 Å². The summed E-state index contributed by atoms with van der Waals surface area (Å²) in [6.45, 7) is 4.51. The molecule has 1 atom stereocenters. The molecule has 0 spiro atoms. The molecule has 1 aromatic rings. The fraction of sp³-hybridized carbons (Fsp3) is 0.500. The first-order valence-electron chi connectivity index (χ1n) is 5.98. The van der Waals surface area contributed by atoms with E-state index in [0.717, 1.165) is 19.6 Å². The van der Waals surface area contributed by atoms with Crippen LogP contribution in [0.2, 0.25) is 5.02 Å². The van der Waals surface area contributed by atoms with Gasteiger partial charge >= 0.3 is 0 Å². The van der Waals surface area contributed by atoms with Crippen LogP contribution in [0.25, 0.3) is 0 Å². The lowest BCUT2D eigenvalue weighted by molar-refractivity contribution is -0.384. The summed E-state index contributed by atoms with van der Waals surface area (Å²) in [4.78, 5) is 15.1. The Morgan fingerprint density at radius 1 is 1.47 bits per heavy atom. The number of halogens is 2. The molecule has 1 aromatic carbocycles. The minimum atomic E-state index is -0.362. The Bertz CT molecular complexity index is 512. The van der Waals surface area contributed by atoms with Gasteiger partial charge in [-0.25, -0.2) is 0 Å². The van der Waals surface area contributed by atoms with Gasteiger partial charge in [0.2, 0.25) is 0 Å². The van der Waals surface area contributed by atoms with E-state index in [1.807, 2.05) is 4.90 Å². The summed E-state index contributed by atoms with van der Waals surface area (Å²) < 4.78 is 0.548. The molecule has 0 N–H and O–H groups in total. The SMILES string of the molecule is C[C@H]1CN(c2cc(Cl)c(Br)cc2[N+](=O)[O-])CCN1C. The van der Waals surface area contributed by atoms with E-state index in [9.17, 15) is 10.1 Å². The van der Waals surface area contributed by atoms with Gasteiger partial charge in [-0.3, -0.25) is 10.1 Å². The van der Waals surface area contributed by atoms with Crippen LogP contribution in [0.5, 0.6) is 0 Å². The number of rotatable bonds is 2. The highest BCUT2D eigenvalue weighted by Gasteiger charge is 2.27. The number of hydrogen-bond acceptors (Lipinski definition) is 4. The van der Waals surface area contributed by atoms with Gasteiger partial charge in [-0.2, -0.15) is 0 Å². The molecule has 0 saturated carbocycles. The first kappa shape index (κ1) is 14.6. The highest BCUT2D eigenvalue weighted by Crippen LogP contribution is 2.37. The van der Waals surface area contributed by atoms with Gasteiger partial charge in [0.25, 0.3) is 5.69 Å². The third kappa shape index (κ3) is 3.01. The fourth-order valence-corrected chi connectivity index (χ4v) is 2.68. The van der Waals surface area contributed by atoms with Crippen LogP contribution in [0.15, 0.2) is 16.6 Å². The van der Waals surface area contributed by atoms with E-state index in [0.29, 0.717) is 21.2 Å². The average molecular weight is 349 g/mol. The molecule has 1 saturated heterocycles. The summed E-state index contributed by atoms with van der Waals surface area (Å²) in [5.74, 6) is 0. The van der Waals surface area contributed by atoms with Crippen LogP contribution in [0, 0.1) is 10.1 Å². The minimum absolute atomic E-state index is 0.0908.